The third-order valence-electron chi connectivity index (χ3n) is 4.65. The molecule has 2 aliphatic rings. The molecule has 0 bridgehead atoms. The fourth-order valence-electron chi connectivity index (χ4n) is 3.32. The van der Waals surface area contributed by atoms with E-state index in [0.29, 0.717) is 13.2 Å². The van der Waals surface area contributed by atoms with Crippen molar-refractivity contribution in [1.82, 2.24) is 10.2 Å². The Morgan fingerprint density at radius 1 is 1.35 bits per heavy atom. The zero-order valence-corrected chi connectivity index (χ0v) is 19.2. The van der Waals surface area contributed by atoms with E-state index in [-0.39, 0.29) is 36.2 Å². The van der Waals surface area contributed by atoms with Gasteiger partial charge in [-0.1, -0.05) is 6.07 Å². The highest BCUT2D eigenvalue weighted by Gasteiger charge is 2.32. The normalized spacial score (nSPS) is 23.5. The fourth-order valence-corrected chi connectivity index (χ4v) is 3.91. The van der Waals surface area contributed by atoms with Crippen LogP contribution < -0.4 is 10.1 Å². The van der Waals surface area contributed by atoms with E-state index in [2.05, 4.69) is 43.3 Å². The summed E-state index contributed by atoms with van der Waals surface area (Å²) in [7, 11) is 3.49. The second kappa shape index (κ2) is 10.7. The zero-order valence-electron chi connectivity index (χ0n) is 15.2. The molecule has 0 aromatic heterocycles. The van der Waals surface area contributed by atoms with Crippen molar-refractivity contribution in [1.29, 1.82) is 0 Å². The van der Waals surface area contributed by atoms with Crippen LogP contribution in [0, 0.1) is 0 Å². The first-order valence-electron chi connectivity index (χ1n) is 8.72. The van der Waals surface area contributed by atoms with Crippen LogP contribution in [-0.2, 0) is 16.0 Å². The number of hydrogen-bond acceptors (Lipinski definition) is 4. The van der Waals surface area contributed by atoms with Crippen LogP contribution in [0.1, 0.15) is 18.4 Å². The molecule has 2 saturated heterocycles. The van der Waals surface area contributed by atoms with Crippen molar-refractivity contribution >= 4 is 45.9 Å². The molecule has 0 aliphatic carbocycles. The molecule has 0 amide bonds. The van der Waals surface area contributed by atoms with E-state index in [1.807, 2.05) is 13.1 Å². The minimum absolute atomic E-state index is 0. The number of halogens is 2. The number of nitrogens with zero attached hydrogens (tertiary/aromatic N) is 2. The average Bonchev–Trinajstić information content (AvgIpc) is 3.17. The Balaban J connectivity index is 0.00000243. The number of morpholine rings is 1. The fraction of sp³-hybridized carbons (Fsp3) is 0.611. The Bertz CT molecular complexity index is 611. The molecule has 8 heteroatoms. The molecule has 2 unspecified atom stereocenters. The number of benzene rings is 1. The minimum Gasteiger partial charge on any atom is -0.496 e. The Kier molecular flexibility index (Phi) is 8.92. The molecule has 2 fully saturated rings. The van der Waals surface area contributed by atoms with E-state index in [0.717, 1.165) is 54.3 Å². The summed E-state index contributed by atoms with van der Waals surface area (Å²) in [6.07, 6.45) is 2.57. The summed E-state index contributed by atoms with van der Waals surface area (Å²) in [6, 6.07) is 6.08. The van der Waals surface area contributed by atoms with Crippen molar-refractivity contribution < 1.29 is 14.2 Å². The molecule has 26 heavy (non-hydrogen) atoms. The highest BCUT2D eigenvalue weighted by atomic mass is 127. The second-order valence-electron chi connectivity index (χ2n) is 6.28. The van der Waals surface area contributed by atoms with Crippen LogP contribution in [0.25, 0.3) is 0 Å². The standard InChI is InChI=1S/C18H26BrN3O3.HI/c1-20-18(21-11-13-5-6-15(23-2)14(19)10-13)22-7-9-25-17(12-22)16-4-3-8-24-16;/h5-6,10,16-17H,3-4,7-9,11-12H2,1-2H3,(H,20,21);1H. The smallest absolute Gasteiger partial charge is 0.194 e. The summed E-state index contributed by atoms with van der Waals surface area (Å²) in [6.45, 7) is 3.92. The maximum atomic E-state index is 5.92. The summed E-state index contributed by atoms with van der Waals surface area (Å²) in [4.78, 5) is 6.70. The molecule has 2 atom stereocenters. The van der Waals surface area contributed by atoms with Gasteiger partial charge in [-0.05, 0) is 46.5 Å². The average molecular weight is 540 g/mol. The summed E-state index contributed by atoms with van der Waals surface area (Å²) in [5.41, 5.74) is 1.16. The minimum atomic E-state index is 0. The van der Waals surface area contributed by atoms with Gasteiger partial charge in [0, 0.05) is 33.3 Å². The van der Waals surface area contributed by atoms with Gasteiger partial charge in [0.15, 0.2) is 5.96 Å². The molecule has 3 rings (SSSR count). The number of ether oxygens (including phenoxy) is 3. The number of hydrogen-bond donors (Lipinski definition) is 1. The lowest BCUT2D eigenvalue weighted by molar-refractivity contribution is -0.0817. The first kappa shape index (κ1) is 21.7. The van der Waals surface area contributed by atoms with Crippen molar-refractivity contribution in [2.45, 2.75) is 31.6 Å². The van der Waals surface area contributed by atoms with Crippen molar-refractivity contribution in [3.8, 4) is 5.75 Å². The topological polar surface area (TPSA) is 55.3 Å². The molecule has 0 saturated carbocycles. The summed E-state index contributed by atoms with van der Waals surface area (Å²) in [5, 5.41) is 3.45. The number of nitrogens with one attached hydrogen (secondary N) is 1. The molecular formula is C18H27BrIN3O3. The highest BCUT2D eigenvalue weighted by molar-refractivity contribution is 14.0. The second-order valence-corrected chi connectivity index (χ2v) is 7.13. The van der Waals surface area contributed by atoms with Gasteiger partial charge < -0.3 is 24.4 Å². The van der Waals surface area contributed by atoms with E-state index >= 15 is 0 Å². The Morgan fingerprint density at radius 2 is 2.15 bits per heavy atom. The van der Waals surface area contributed by atoms with Crippen LogP contribution in [0.4, 0.5) is 0 Å². The van der Waals surface area contributed by atoms with Crippen LogP contribution in [0.3, 0.4) is 0 Å². The Morgan fingerprint density at radius 3 is 2.81 bits per heavy atom. The van der Waals surface area contributed by atoms with Gasteiger partial charge in [0.05, 0.1) is 24.3 Å². The van der Waals surface area contributed by atoms with Gasteiger partial charge in [-0.25, -0.2) is 0 Å². The number of methoxy groups -OCH3 is 1. The predicted octanol–water partition coefficient (Wildman–Crippen LogP) is 3.03. The number of guanidine groups is 1. The van der Waals surface area contributed by atoms with E-state index in [4.69, 9.17) is 14.2 Å². The Labute approximate surface area is 180 Å². The third-order valence-corrected chi connectivity index (χ3v) is 5.27. The van der Waals surface area contributed by atoms with Crippen LogP contribution in [0.5, 0.6) is 5.75 Å². The molecule has 2 aliphatic heterocycles. The largest absolute Gasteiger partial charge is 0.496 e. The van der Waals surface area contributed by atoms with E-state index in [9.17, 15) is 0 Å². The summed E-state index contributed by atoms with van der Waals surface area (Å²) >= 11 is 3.53. The lowest BCUT2D eigenvalue weighted by Crippen LogP contribution is -2.53. The molecule has 1 aromatic rings. The lowest BCUT2D eigenvalue weighted by Gasteiger charge is -2.37. The van der Waals surface area contributed by atoms with Gasteiger partial charge in [0.2, 0.25) is 0 Å². The molecule has 6 nitrogen and oxygen atoms in total. The van der Waals surface area contributed by atoms with Gasteiger partial charge in [-0.2, -0.15) is 0 Å². The molecule has 2 heterocycles. The SMILES string of the molecule is CN=C(NCc1ccc(OC)c(Br)c1)N1CCOC(C2CCCO2)C1.I. The lowest BCUT2D eigenvalue weighted by atomic mass is 10.1. The molecule has 0 radical (unpaired) electrons. The third kappa shape index (κ3) is 5.46. The van der Waals surface area contributed by atoms with Crippen LogP contribution in [0.15, 0.2) is 27.7 Å². The maximum Gasteiger partial charge on any atom is 0.194 e. The first-order chi connectivity index (χ1) is 12.2. The molecule has 1 aromatic carbocycles. The zero-order chi connectivity index (χ0) is 17.6. The van der Waals surface area contributed by atoms with Crippen LogP contribution >= 0.6 is 39.9 Å². The number of aliphatic imine (C=N–C) groups is 1. The van der Waals surface area contributed by atoms with Crippen molar-refractivity contribution in [2.75, 3.05) is 40.5 Å². The molecule has 146 valence electrons. The van der Waals surface area contributed by atoms with Gasteiger partial charge >= 0.3 is 0 Å². The van der Waals surface area contributed by atoms with Crippen molar-refractivity contribution in [2.24, 2.45) is 4.99 Å². The monoisotopic (exact) mass is 539 g/mol. The van der Waals surface area contributed by atoms with E-state index < -0.39 is 0 Å². The summed E-state index contributed by atoms with van der Waals surface area (Å²) in [5.74, 6) is 1.74. The molecule has 1 N–H and O–H groups in total. The van der Waals surface area contributed by atoms with Gasteiger partial charge in [0.25, 0.3) is 0 Å². The van der Waals surface area contributed by atoms with Gasteiger partial charge in [0.1, 0.15) is 11.9 Å². The molecule has 0 spiro atoms. The van der Waals surface area contributed by atoms with Crippen molar-refractivity contribution in [3.05, 3.63) is 28.2 Å². The maximum absolute atomic E-state index is 5.92. The van der Waals surface area contributed by atoms with E-state index in [1.165, 1.54) is 0 Å². The predicted molar refractivity (Wildman–Crippen MR) is 117 cm³/mol. The van der Waals surface area contributed by atoms with Crippen LogP contribution in [-0.4, -0.2) is 63.5 Å². The van der Waals surface area contributed by atoms with E-state index in [1.54, 1.807) is 7.11 Å². The molecular weight excluding hydrogens is 513 g/mol. The highest BCUT2D eigenvalue weighted by Crippen LogP contribution is 2.25. The number of rotatable bonds is 4. The van der Waals surface area contributed by atoms with Crippen LogP contribution in [0.2, 0.25) is 0 Å². The first-order valence-corrected chi connectivity index (χ1v) is 9.51. The quantitative estimate of drug-likeness (QED) is 0.362. The van der Waals surface area contributed by atoms with Gasteiger partial charge in [-0.3, -0.25) is 4.99 Å². The van der Waals surface area contributed by atoms with Crippen molar-refractivity contribution in [3.63, 3.8) is 0 Å². The summed E-state index contributed by atoms with van der Waals surface area (Å²) < 4.78 is 17.9. The Hall–Kier alpha value is -0.580. The van der Waals surface area contributed by atoms with Gasteiger partial charge in [-0.15, -0.1) is 24.0 Å².